The van der Waals surface area contributed by atoms with Gasteiger partial charge in [-0.2, -0.15) is 4.98 Å². The van der Waals surface area contributed by atoms with Crippen LogP contribution in [0.1, 0.15) is 37.2 Å². The lowest BCUT2D eigenvalue weighted by Crippen LogP contribution is -2.02. The summed E-state index contributed by atoms with van der Waals surface area (Å²) in [5.74, 6) is 1.38. The summed E-state index contributed by atoms with van der Waals surface area (Å²) in [5.41, 5.74) is 0.955. The minimum atomic E-state index is -0.386. The zero-order valence-electron chi connectivity index (χ0n) is 13.7. The quantitative estimate of drug-likeness (QED) is 0.641. The van der Waals surface area contributed by atoms with Crippen LogP contribution in [0.2, 0.25) is 0 Å². The molecule has 0 saturated heterocycles. The molecule has 1 atom stereocenters. The van der Waals surface area contributed by atoms with E-state index in [0.29, 0.717) is 29.7 Å². The van der Waals surface area contributed by atoms with Crippen LogP contribution in [0.3, 0.4) is 0 Å². The highest BCUT2D eigenvalue weighted by atomic mass is 16.5. The third-order valence-corrected chi connectivity index (χ3v) is 3.55. The zero-order chi connectivity index (χ0) is 17.1. The summed E-state index contributed by atoms with van der Waals surface area (Å²) in [6.07, 6.45) is -0.231. The molecule has 0 aliphatic carbocycles. The summed E-state index contributed by atoms with van der Waals surface area (Å²) in [6, 6.07) is 6.78. The highest BCUT2D eigenvalue weighted by molar-refractivity contribution is 5.81. The van der Waals surface area contributed by atoms with Crippen molar-refractivity contribution in [3.05, 3.63) is 52.0 Å². The van der Waals surface area contributed by atoms with Gasteiger partial charge in [-0.25, -0.2) is 4.79 Å². The molecular weight excluding hydrogens is 312 g/mol. The number of ether oxygens (including phenoxy) is 2. The predicted octanol–water partition coefficient (Wildman–Crippen LogP) is 3.16. The van der Waals surface area contributed by atoms with Gasteiger partial charge in [0.2, 0.25) is 0 Å². The van der Waals surface area contributed by atoms with Gasteiger partial charge in [-0.05, 0) is 38.5 Å². The first-order chi connectivity index (χ1) is 11.6. The minimum Gasteiger partial charge on any atom is -0.484 e. The number of fused-ring (bicyclic) bond motifs is 1. The van der Waals surface area contributed by atoms with Crippen LogP contribution in [0.15, 0.2) is 38.0 Å². The number of aryl methyl sites for hydroxylation is 1. The van der Waals surface area contributed by atoms with Crippen LogP contribution in [0.25, 0.3) is 11.0 Å². The first-order valence-corrected chi connectivity index (χ1v) is 7.68. The molecule has 0 radical (unpaired) electrons. The van der Waals surface area contributed by atoms with Crippen molar-refractivity contribution in [1.29, 1.82) is 0 Å². The van der Waals surface area contributed by atoms with Crippen LogP contribution in [0.4, 0.5) is 0 Å². The van der Waals surface area contributed by atoms with E-state index in [9.17, 15) is 4.79 Å². The van der Waals surface area contributed by atoms with Crippen LogP contribution in [-0.4, -0.2) is 16.7 Å². The van der Waals surface area contributed by atoms with Crippen molar-refractivity contribution in [3.63, 3.8) is 0 Å². The van der Waals surface area contributed by atoms with Crippen LogP contribution in [0.5, 0.6) is 5.75 Å². The molecule has 0 aliphatic heterocycles. The highest BCUT2D eigenvalue weighted by Crippen LogP contribution is 2.23. The van der Waals surface area contributed by atoms with Gasteiger partial charge < -0.3 is 18.4 Å². The van der Waals surface area contributed by atoms with Crippen molar-refractivity contribution in [1.82, 2.24) is 10.1 Å². The van der Waals surface area contributed by atoms with Gasteiger partial charge in [0.05, 0.1) is 0 Å². The number of benzene rings is 1. The number of aromatic nitrogens is 2. The van der Waals surface area contributed by atoms with Crippen molar-refractivity contribution in [3.8, 4) is 5.75 Å². The van der Waals surface area contributed by atoms with Crippen molar-refractivity contribution >= 4 is 11.0 Å². The monoisotopic (exact) mass is 330 g/mol. The molecule has 0 unspecified atom stereocenters. The van der Waals surface area contributed by atoms with Gasteiger partial charge in [-0.3, -0.25) is 0 Å². The molecule has 126 valence electrons. The number of rotatable bonds is 6. The van der Waals surface area contributed by atoms with E-state index in [1.165, 1.54) is 6.07 Å². The Labute approximate surface area is 138 Å². The molecule has 3 aromatic rings. The molecule has 2 heterocycles. The third-order valence-electron chi connectivity index (χ3n) is 3.55. The zero-order valence-corrected chi connectivity index (χ0v) is 13.7. The number of hydrogen-bond donors (Lipinski definition) is 0. The molecule has 0 spiro atoms. The molecule has 0 fully saturated rings. The van der Waals surface area contributed by atoms with Gasteiger partial charge in [-0.1, -0.05) is 5.16 Å². The van der Waals surface area contributed by atoms with E-state index in [2.05, 4.69) is 10.1 Å². The van der Waals surface area contributed by atoms with E-state index >= 15 is 0 Å². The lowest BCUT2D eigenvalue weighted by Gasteiger charge is -2.06. The normalized spacial score (nSPS) is 12.5. The Hall–Kier alpha value is -2.67. The maximum Gasteiger partial charge on any atom is 0.336 e. The van der Waals surface area contributed by atoms with Crippen molar-refractivity contribution in [2.24, 2.45) is 0 Å². The molecule has 7 heteroatoms. The fraction of sp³-hybridized carbons (Fsp3) is 0.353. The molecule has 0 amide bonds. The van der Waals surface area contributed by atoms with Crippen LogP contribution in [0, 0.1) is 6.92 Å². The average Bonchev–Trinajstić information content (AvgIpc) is 3.01. The van der Waals surface area contributed by atoms with Crippen LogP contribution < -0.4 is 10.4 Å². The van der Waals surface area contributed by atoms with Gasteiger partial charge in [0.25, 0.3) is 5.89 Å². The molecule has 1 aromatic carbocycles. The van der Waals surface area contributed by atoms with Gasteiger partial charge in [-0.15, -0.1) is 0 Å². The summed E-state index contributed by atoms with van der Waals surface area (Å²) >= 11 is 0. The fourth-order valence-electron chi connectivity index (χ4n) is 2.36. The molecule has 0 bridgehead atoms. The SMILES string of the molecule is CCO[C@@H](C)c1noc(COc2ccc3c(C)cc(=O)oc3c2)n1. The largest absolute Gasteiger partial charge is 0.484 e. The Bertz CT molecular complexity index is 899. The van der Waals surface area contributed by atoms with E-state index in [0.717, 1.165) is 10.9 Å². The smallest absolute Gasteiger partial charge is 0.336 e. The standard InChI is InChI=1S/C17H18N2O5/c1-4-21-11(3)17-18-15(24-19-17)9-22-12-5-6-13-10(2)7-16(20)23-14(13)8-12/h5-8,11H,4,9H2,1-3H3/t11-/m0/s1. The lowest BCUT2D eigenvalue weighted by atomic mass is 10.1. The summed E-state index contributed by atoms with van der Waals surface area (Å²) in [7, 11) is 0. The van der Waals surface area contributed by atoms with Crippen LogP contribution >= 0.6 is 0 Å². The Morgan fingerprint density at radius 2 is 2.12 bits per heavy atom. The minimum absolute atomic E-state index is 0.118. The number of nitrogens with zero attached hydrogens (tertiary/aromatic N) is 2. The van der Waals surface area contributed by atoms with Crippen molar-refractivity contribution in [2.45, 2.75) is 33.5 Å². The maximum absolute atomic E-state index is 11.5. The first-order valence-electron chi connectivity index (χ1n) is 7.68. The Balaban J connectivity index is 1.73. The highest BCUT2D eigenvalue weighted by Gasteiger charge is 2.14. The van der Waals surface area contributed by atoms with Gasteiger partial charge >= 0.3 is 5.63 Å². The molecule has 7 nitrogen and oxygen atoms in total. The topological polar surface area (TPSA) is 87.6 Å². The Morgan fingerprint density at radius 3 is 2.92 bits per heavy atom. The summed E-state index contributed by atoms with van der Waals surface area (Å²) in [4.78, 5) is 15.7. The van der Waals surface area contributed by atoms with E-state index in [1.54, 1.807) is 12.1 Å². The van der Waals surface area contributed by atoms with E-state index in [4.69, 9.17) is 18.4 Å². The first kappa shape index (κ1) is 16.2. The molecule has 0 aliphatic rings. The van der Waals surface area contributed by atoms with Crippen molar-refractivity contribution < 1.29 is 18.4 Å². The average molecular weight is 330 g/mol. The summed E-state index contributed by atoms with van der Waals surface area (Å²) in [5, 5.41) is 4.74. The second-order valence-corrected chi connectivity index (χ2v) is 5.34. The van der Waals surface area contributed by atoms with Gasteiger partial charge in [0.15, 0.2) is 12.4 Å². The third kappa shape index (κ3) is 3.46. The van der Waals surface area contributed by atoms with Gasteiger partial charge in [0.1, 0.15) is 17.4 Å². The molecule has 0 saturated carbocycles. The van der Waals surface area contributed by atoms with E-state index in [1.807, 2.05) is 26.8 Å². The predicted molar refractivity (Wildman–Crippen MR) is 85.9 cm³/mol. The van der Waals surface area contributed by atoms with Gasteiger partial charge in [0, 0.05) is 24.1 Å². The molecule has 0 N–H and O–H groups in total. The number of hydrogen-bond acceptors (Lipinski definition) is 7. The maximum atomic E-state index is 11.5. The molecule has 2 aromatic heterocycles. The second kappa shape index (κ2) is 6.84. The fourth-order valence-corrected chi connectivity index (χ4v) is 2.36. The molecule has 24 heavy (non-hydrogen) atoms. The second-order valence-electron chi connectivity index (χ2n) is 5.34. The van der Waals surface area contributed by atoms with Crippen molar-refractivity contribution in [2.75, 3.05) is 6.61 Å². The molecule has 3 rings (SSSR count). The Morgan fingerprint density at radius 1 is 1.29 bits per heavy atom. The van der Waals surface area contributed by atoms with Crippen LogP contribution in [-0.2, 0) is 11.3 Å². The lowest BCUT2D eigenvalue weighted by molar-refractivity contribution is 0.0683. The Kier molecular flexibility index (Phi) is 4.61. The summed E-state index contributed by atoms with van der Waals surface area (Å²) < 4.78 is 21.4. The van der Waals surface area contributed by atoms with E-state index in [-0.39, 0.29) is 18.3 Å². The van der Waals surface area contributed by atoms with E-state index < -0.39 is 0 Å². The molecular formula is C17H18N2O5. The summed E-state index contributed by atoms with van der Waals surface area (Å²) in [6.45, 7) is 6.31.